The minimum absolute atomic E-state index is 0. The minimum Gasteiger partial charge on any atom is -0.370 e. The van der Waals surface area contributed by atoms with Gasteiger partial charge in [-0.05, 0) is 39.7 Å². The molecule has 0 aromatic rings. The van der Waals surface area contributed by atoms with Crippen molar-refractivity contribution in [2.24, 2.45) is 10.7 Å². The molecule has 1 heterocycles. The summed E-state index contributed by atoms with van der Waals surface area (Å²) in [5.74, 6) is 0.738. The van der Waals surface area contributed by atoms with Gasteiger partial charge in [0.05, 0.1) is 6.54 Å². The Hall–Kier alpha value is -0.0400. The fourth-order valence-electron chi connectivity index (χ4n) is 2.08. The van der Waals surface area contributed by atoms with Crippen LogP contribution < -0.4 is 5.73 Å². The van der Waals surface area contributed by atoms with Gasteiger partial charge in [-0.1, -0.05) is 6.92 Å². The monoisotopic (exact) mass is 368 g/mol. The molecule has 1 aliphatic rings. The van der Waals surface area contributed by atoms with E-state index in [1.807, 2.05) is 0 Å². The lowest BCUT2D eigenvalue weighted by molar-refractivity contribution is 0.258. The number of halogens is 1. The summed E-state index contributed by atoms with van der Waals surface area (Å²) in [7, 11) is 2.15. The van der Waals surface area contributed by atoms with Gasteiger partial charge in [-0.3, -0.25) is 4.99 Å². The summed E-state index contributed by atoms with van der Waals surface area (Å²) in [6.45, 7) is 8.42. The highest BCUT2D eigenvalue weighted by molar-refractivity contribution is 14.0. The highest BCUT2D eigenvalue weighted by Crippen LogP contribution is 2.07. The van der Waals surface area contributed by atoms with Gasteiger partial charge in [-0.15, -0.1) is 24.0 Å². The summed E-state index contributed by atoms with van der Waals surface area (Å²) in [5.41, 5.74) is 6.00. The number of hydrogen-bond donors (Lipinski definition) is 1. The smallest absolute Gasteiger partial charge is 0.191 e. The average Bonchev–Trinajstić information content (AvgIpc) is 2.38. The molecule has 5 heteroatoms. The molecule has 4 nitrogen and oxygen atoms in total. The minimum atomic E-state index is 0. The highest BCUT2D eigenvalue weighted by atomic mass is 127. The molecule has 0 bridgehead atoms. The number of aliphatic imine (C=N–C) groups is 1. The molecule has 1 atom stereocenters. The number of likely N-dealkylation sites (N-methyl/N-ethyl adjacent to an activating group) is 1. The molecule has 0 aliphatic carbocycles. The van der Waals surface area contributed by atoms with E-state index in [-0.39, 0.29) is 24.0 Å². The third-order valence-electron chi connectivity index (χ3n) is 3.75. The third-order valence-corrected chi connectivity index (χ3v) is 3.75. The van der Waals surface area contributed by atoms with Crippen LogP contribution in [0.15, 0.2) is 4.99 Å². The third kappa shape index (κ3) is 6.22. The van der Waals surface area contributed by atoms with Gasteiger partial charge in [0.25, 0.3) is 0 Å². The zero-order chi connectivity index (χ0) is 12.7. The zero-order valence-corrected chi connectivity index (χ0v) is 14.4. The number of hydrogen-bond acceptors (Lipinski definition) is 2. The molecule has 0 radical (unpaired) electrons. The summed E-state index contributed by atoms with van der Waals surface area (Å²) in [4.78, 5) is 9.04. The topological polar surface area (TPSA) is 44.9 Å². The summed E-state index contributed by atoms with van der Waals surface area (Å²) >= 11 is 0. The molecule has 0 aromatic heterocycles. The van der Waals surface area contributed by atoms with Gasteiger partial charge in [-0.2, -0.15) is 0 Å². The molecular weight excluding hydrogens is 339 g/mol. The van der Waals surface area contributed by atoms with Crippen LogP contribution in [-0.2, 0) is 0 Å². The second-order valence-electron chi connectivity index (χ2n) is 5.03. The van der Waals surface area contributed by atoms with Crippen LogP contribution in [0, 0.1) is 0 Å². The summed E-state index contributed by atoms with van der Waals surface area (Å²) in [5, 5.41) is 0. The maximum Gasteiger partial charge on any atom is 0.191 e. The van der Waals surface area contributed by atoms with Crippen LogP contribution >= 0.6 is 24.0 Å². The van der Waals surface area contributed by atoms with Crippen LogP contribution in [-0.4, -0.2) is 55.0 Å². The lowest BCUT2D eigenvalue weighted by atomic mass is 10.1. The van der Waals surface area contributed by atoms with Crippen molar-refractivity contribution in [1.82, 2.24) is 9.80 Å². The van der Waals surface area contributed by atoms with Gasteiger partial charge in [-0.25, -0.2) is 0 Å². The molecule has 0 amide bonds. The number of piperidine rings is 1. The van der Waals surface area contributed by atoms with Gasteiger partial charge in [0, 0.05) is 25.7 Å². The predicted molar refractivity (Wildman–Crippen MR) is 89.7 cm³/mol. The van der Waals surface area contributed by atoms with Gasteiger partial charge < -0.3 is 15.5 Å². The number of rotatable bonds is 5. The molecule has 0 aromatic carbocycles. The van der Waals surface area contributed by atoms with E-state index in [1.165, 1.54) is 25.7 Å². The standard InChI is InChI=1S/C13H28N4.HI/c1-4-12(2)16(3)11-8-15-13(14)17-9-6-5-7-10-17;/h12H,4-11H2,1-3H3,(H2,14,15);1H. The van der Waals surface area contributed by atoms with Gasteiger partial charge in [0.15, 0.2) is 5.96 Å². The summed E-state index contributed by atoms with van der Waals surface area (Å²) in [6.07, 6.45) is 5.02. The Morgan fingerprint density at radius 1 is 1.33 bits per heavy atom. The molecule has 1 fully saturated rings. The van der Waals surface area contributed by atoms with Gasteiger partial charge in [0.1, 0.15) is 0 Å². The zero-order valence-electron chi connectivity index (χ0n) is 12.1. The first kappa shape index (κ1) is 18.0. The fourth-order valence-corrected chi connectivity index (χ4v) is 2.08. The number of nitrogens with zero attached hydrogens (tertiary/aromatic N) is 3. The molecule has 1 unspecified atom stereocenters. The van der Waals surface area contributed by atoms with Gasteiger partial charge in [0.2, 0.25) is 0 Å². The Balaban J connectivity index is 0.00000289. The van der Waals surface area contributed by atoms with Crippen LogP contribution in [0.1, 0.15) is 39.5 Å². The number of guanidine groups is 1. The molecule has 0 saturated carbocycles. The van der Waals surface area contributed by atoms with Crippen molar-refractivity contribution < 1.29 is 0 Å². The van der Waals surface area contributed by atoms with E-state index < -0.39 is 0 Å². The van der Waals surface area contributed by atoms with E-state index >= 15 is 0 Å². The van der Waals surface area contributed by atoms with Crippen molar-refractivity contribution in [2.45, 2.75) is 45.6 Å². The van der Waals surface area contributed by atoms with E-state index in [2.05, 4.69) is 35.7 Å². The van der Waals surface area contributed by atoms with Gasteiger partial charge >= 0.3 is 0 Å². The highest BCUT2D eigenvalue weighted by Gasteiger charge is 2.11. The van der Waals surface area contributed by atoms with Crippen molar-refractivity contribution >= 4 is 29.9 Å². The van der Waals surface area contributed by atoms with Crippen LogP contribution in [0.4, 0.5) is 0 Å². The molecule has 18 heavy (non-hydrogen) atoms. The maximum atomic E-state index is 6.00. The SMILES string of the molecule is CCC(C)N(C)CCN=C(N)N1CCCCC1.I. The molecule has 2 N–H and O–H groups in total. The van der Waals surface area contributed by atoms with Crippen molar-refractivity contribution in [3.05, 3.63) is 0 Å². The normalized spacial score (nSPS) is 18.7. The Kier molecular flexibility index (Phi) is 9.81. The first-order valence-corrected chi connectivity index (χ1v) is 6.90. The Bertz CT molecular complexity index is 239. The van der Waals surface area contributed by atoms with Crippen LogP contribution in [0.2, 0.25) is 0 Å². The number of likely N-dealkylation sites (tertiary alicyclic amines) is 1. The predicted octanol–water partition coefficient (Wildman–Crippen LogP) is 2.14. The Labute approximate surface area is 129 Å². The van der Waals surface area contributed by atoms with Crippen LogP contribution in [0.25, 0.3) is 0 Å². The number of nitrogens with two attached hydrogens (primary N) is 1. The molecule has 1 saturated heterocycles. The van der Waals surface area contributed by atoms with Crippen molar-refractivity contribution in [3.63, 3.8) is 0 Å². The first-order chi connectivity index (χ1) is 8.15. The summed E-state index contributed by atoms with van der Waals surface area (Å²) < 4.78 is 0. The first-order valence-electron chi connectivity index (χ1n) is 6.90. The van der Waals surface area contributed by atoms with Crippen molar-refractivity contribution in [1.29, 1.82) is 0 Å². The second kappa shape index (κ2) is 9.83. The van der Waals surface area contributed by atoms with Crippen LogP contribution in [0.5, 0.6) is 0 Å². The maximum absolute atomic E-state index is 6.00. The van der Waals surface area contributed by atoms with E-state index in [1.54, 1.807) is 0 Å². The quantitative estimate of drug-likeness (QED) is 0.460. The van der Waals surface area contributed by atoms with E-state index in [0.717, 1.165) is 32.1 Å². The average molecular weight is 368 g/mol. The molecule has 1 rings (SSSR count). The van der Waals surface area contributed by atoms with E-state index in [9.17, 15) is 0 Å². The Morgan fingerprint density at radius 2 is 1.94 bits per heavy atom. The molecule has 0 spiro atoms. The summed E-state index contributed by atoms with van der Waals surface area (Å²) in [6, 6.07) is 0.626. The fraction of sp³-hybridized carbons (Fsp3) is 0.923. The molecular formula is C13H29IN4. The molecule has 1 aliphatic heterocycles. The molecule has 108 valence electrons. The van der Waals surface area contributed by atoms with Crippen molar-refractivity contribution in [2.75, 3.05) is 33.2 Å². The largest absolute Gasteiger partial charge is 0.370 e. The van der Waals surface area contributed by atoms with Crippen LogP contribution in [0.3, 0.4) is 0 Å². The van der Waals surface area contributed by atoms with E-state index in [4.69, 9.17) is 5.73 Å². The van der Waals surface area contributed by atoms with Crippen molar-refractivity contribution in [3.8, 4) is 0 Å². The van der Waals surface area contributed by atoms with E-state index in [0.29, 0.717) is 6.04 Å². The second-order valence-corrected chi connectivity index (χ2v) is 5.03. The Morgan fingerprint density at radius 3 is 2.50 bits per heavy atom. The lowest BCUT2D eigenvalue weighted by Crippen LogP contribution is -2.41. The lowest BCUT2D eigenvalue weighted by Gasteiger charge is -2.28.